The summed E-state index contributed by atoms with van der Waals surface area (Å²) in [5, 5.41) is 3.21. The molecule has 0 bridgehead atoms. The molecule has 1 aromatic heterocycles. The van der Waals surface area contributed by atoms with Crippen LogP contribution in [0.3, 0.4) is 0 Å². The van der Waals surface area contributed by atoms with Crippen LogP contribution in [0.25, 0.3) is 0 Å². The van der Waals surface area contributed by atoms with E-state index in [1.165, 1.54) is 0 Å². The molecule has 1 rings (SSSR count). The fourth-order valence-electron chi connectivity index (χ4n) is 1.42. The maximum atomic E-state index is 11.5. The van der Waals surface area contributed by atoms with E-state index < -0.39 is 0 Å². The number of nitrogens with zero attached hydrogens (tertiary/aromatic N) is 1. The minimum Gasteiger partial charge on any atom is -0.368 e. The minimum atomic E-state index is 0.149. The Morgan fingerprint density at radius 1 is 1.47 bits per heavy atom. The molecule has 0 aromatic carbocycles. The molecular formula is C12H18N2O. The van der Waals surface area contributed by atoms with Crippen LogP contribution >= 0.6 is 0 Å². The van der Waals surface area contributed by atoms with Crippen molar-refractivity contribution >= 4 is 11.6 Å². The summed E-state index contributed by atoms with van der Waals surface area (Å²) in [7, 11) is 0. The molecule has 0 radical (unpaired) electrons. The van der Waals surface area contributed by atoms with E-state index in [0.29, 0.717) is 12.5 Å². The molecule has 0 unspecified atom stereocenters. The molecule has 1 N–H and O–H groups in total. The highest BCUT2D eigenvalue weighted by molar-refractivity contribution is 5.96. The van der Waals surface area contributed by atoms with Crippen molar-refractivity contribution in [2.45, 2.75) is 40.2 Å². The highest BCUT2D eigenvalue weighted by Crippen LogP contribution is 2.13. The standard InChI is InChI=1S/C12H18N2O/c1-5-11(15)10-6-7-12(13-8(2)3)14-9(10)4/h6-8H,5H2,1-4H3,(H,13,14). The van der Waals surface area contributed by atoms with Crippen molar-refractivity contribution in [3.8, 4) is 0 Å². The van der Waals surface area contributed by atoms with Crippen LogP contribution in [0.5, 0.6) is 0 Å². The average molecular weight is 206 g/mol. The van der Waals surface area contributed by atoms with Crippen molar-refractivity contribution in [1.82, 2.24) is 4.98 Å². The van der Waals surface area contributed by atoms with Gasteiger partial charge in [0.2, 0.25) is 0 Å². The van der Waals surface area contributed by atoms with Gasteiger partial charge in [-0.3, -0.25) is 4.79 Å². The number of carbonyl (C=O) groups excluding carboxylic acids is 1. The molecule has 0 spiro atoms. The smallest absolute Gasteiger partial charge is 0.164 e. The third kappa shape index (κ3) is 3.05. The van der Waals surface area contributed by atoms with Crippen LogP contribution in [0.4, 0.5) is 5.82 Å². The van der Waals surface area contributed by atoms with Gasteiger partial charge in [0.05, 0.1) is 5.69 Å². The lowest BCUT2D eigenvalue weighted by molar-refractivity contribution is 0.0987. The average Bonchev–Trinajstić information content (AvgIpc) is 2.16. The number of aryl methyl sites for hydroxylation is 1. The Kier molecular flexibility index (Phi) is 3.83. The maximum absolute atomic E-state index is 11.5. The number of carbonyl (C=O) groups is 1. The van der Waals surface area contributed by atoms with Crippen molar-refractivity contribution < 1.29 is 4.79 Å². The van der Waals surface area contributed by atoms with Gasteiger partial charge >= 0.3 is 0 Å². The Hall–Kier alpha value is -1.38. The third-order valence-electron chi connectivity index (χ3n) is 2.14. The zero-order valence-electron chi connectivity index (χ0n) is 9.79. The largest absolute Gasteiger partial charge is 0.368 e. The first-order valence-corrected chi connectivity index (χ1v) is 5.32. The van der Waals surface area contributed by atoms with Gasteiger partial charge in [0.25, 0.3) is 0 Å². The van der Waals surface area contributed by atoms with Gasteiger partial charge in [-0.15, -0.1) is 0 Å². The molecule has 0 saturated heterocycles. The van der Waals surface area contributed by atoms with E-state index in [-0.39, 0.29) is 5.78 Å². The first-order chi connectivity index (χ1) is 7.04. The fourth-order valence-corrected chi connectivity index (χ4v) is 1.42. The summed E-state index contributed by atoms with van der Waals surface area (Å²) in [6.45, 7) is 7.85. The predicted molar refractivity (Wildman–Crippen MR) is 62.4 cm³/mol. The summed E-state index contributed by atoms with van der Waals surface area (Å²) in [5.41, 5.74) is 1.53. The van der Waals surface area contributed by atoms with Crippen molar-refractivity contribution in [3.05, 3.63) is 23.4 Å². The monoisotopic (exact) mass is 206 g/mol. The Labute approximate surface area is 90.9 Å². The normalized spacial score (nSPS) is 10.5. The van der Waals surface area contributed by atoms with Gasteiger partial charge < -0.3 is 5.32 Å². The van der Waals surface area contributed by atoms with Gasteiger partial charge in [0.15, 0.2) is 5.78 Å². The van der Waals surface area contributed by atoms with Crippen molar-refractivity contribution in [3.63, 3.8) is 0 Å². The lowest BCUT2D eigenvalue weighted by Gasteiger charge is -2.10. The third-order valence-corrected chi connectivity index (χ3v) is 2.14. The number of rotatable bonds is 4. The van der Waals surface area contributed by atoms with Crippen LogP contribution in [0.1, 0.15) is 43.2 Å². The summed E-state index contributed by atoms with van der Waals surface area (Å²) in [5.74, 6) is 0.978. The number of pyridine rings is 1. The van der Waals surface area contributed by atoms with Crippen molar-refractivity contribution in [2.75, 3.05) is 5.32 Å². The Morgan fingerprint density at radius 3 is 2.60 bits per heavy atom. The number of hydrogen-bond donors (Lipinski definition) is 1. The van der Waals surface area contributed by atoms with E-state index in [0.717, 1.165) is 17.1 Å². The summed E-state index contributed by atoms with van der Waals surface area (Å²) < 4.78 is 0. The number of anilines is 1. The van der Waals surface area contributed by atoms with Crippen molar-refractivity contribution in [2.24, 2.45) is 0 Å². The van der Waals surface area contributed by atoms with E-state index in [2.05, 4.69) is 24.1 Å². The SMILES string of the molecule is CCC(=O)c1ccc(NC(C)C)nc1C. The lowest BCUT2D eigenvalue weighted by Crippen LogP contribution is -2.12. The first-order valence-electron chi connectivity index (χ1n) is 5.32. The van der Waals surface area contributed by atoms with Gasteiger partial charge in [-0.2, -0.15) is 0 Å². The van der Waals surface area contributed by atoms with Gasteiger partial charge in [-0.1, -0.05) is 6.92 Å². The van der Waals surface area contributed by atoms with E-state index in [9.17, 15) is 4.79 Å². The van der Waals surface area contributed by atoms with E-state index in [4.69, 9.17) is 0 Å². The zero-order valence-corrected chi connectivity index (χ0v) is 9.79. The van der Waals surface area contributed by atoms with Gasteiger partial charge in [-0.05, 0) is 32.9 Å². The second kappa shape index (κ2) is 4.91. The molecule has 0 saturated carbocycles. The molecular weight excluding hydrogens is 188 g/mol. The van der Waals surface area contributed by atoms with Crippen LogP contribution < -0.4 is 5.32 Å². The number of hydrogen-bond acceptors (Lipinski definition) is 3. The molecule has 0 fully saturated rings. The second-order valence-corrected chi connectivity index (χ2v) is 3.91. The van der Waals surface area contributed by atoms with Crippen LogP contribution in [0.2, 0.25) is 0 Å². The molecule has 1 aromatic rings. The van der Waals surface area contributed by atoms with Crippen LogP contribution in [0.15, 0.2) is 12.1 Å². The summed E-state index contributed by atoms with van der Waals surface area (Å²) in [4.78, 5) is 15.9. The Balaban J connectivity index is 2.93. The molecule has 0 aliphatic heterocycles. The Morgan fingerprint density at radius 2 is 2.13 bits per heavy atom. The minimum absolute atomic E-state index is 0.149. The molecule has 82 valence electrons. The number of aromatic nitrogens is 1. The molecule has 0 atom stereocenters. The van der Waals surface area contributed by atoms with Crippen LogP contribution in [-0.4, -0.2) is 16.8 Å². The number of Topliss-reactive ketones (excluding diaryl/α,β-unsaturated/α-hetero) is 1. The van der Waals surface area contributed by atoms with Gasteiger partial charge in [0.1, 0.15) is 5.82 Å². The predicted octanol–water partition coefficient (Wildman–Crippen LogP) is 2.80. The molecule has 0 aliphatic carbocycles. The topological polar surface area (TPSA) is 42.0 Å². The first kappa shape index (κ1) is 11.7. The van der Waals surface area contributed by atoms with Crippen LogP contribution in [0, 0.1) is 6.92 Å². The van der Waals surface area contributed by atoms with Gasteiger partial charge in [-0.25, -0.2) is 4.98 Å². The van der Waals surface area contributed by atoms with Crippen LogP contribution in [-0.2, 0) is 0 Å². The van der Waals surface area contributed by atoms with Gasteiger partial charge in [0, 0.05) is 18.0 Å². The van der Waals surface area contributed by atoms with E-state index in [1.54, 1.807) is 0 Å². The summed E-state index contributed by atoms with van der Waals surface area (Å²) >= 11 is 0. The highest BCUT2D eigenvalue weighted by Gasteiger charge is 2.08. The second-order valence-electron chi connectivity index (χ2n) is 3.91. The molecule has 15 heavy (non-hydrogen) atoms. The zero-order chi connectivity index (χ0) is 11.4. The molecule has 0 amide bonds. The molecule has 3 heteroatoms. The van der Waals surface area contributed by atoms with Crippen molar-refractivity contribution in [1.29, 1.82) is 0 Å². The van der Waals surface area contributed by atoms with E-state index in [1.807, 2.05) is 26.0 Å². The highest BCUT2D eigenvalue weighted by atomic mass is 16.1. The van der Waals surface area contributed by atoms with E-state index >= 15 is 0 Å². The maximum Gasteiger partial charge on any atom is 0.164 e. The lowest BCUT2D eigenvalue weighted by atomic mass is 10.1. The molecule has 1 heterocycles. The number of nitrogens with one attached hydrogen (secondary N) is 1. The molecule has 0 aliphatic rings. The summed E-state index contributed by atoms with van der Waals surface area (Å²) in [6.07, 6.45) is 0.527. The number of ketones is 1. The fraction of sp³-hybridized carbons (Fsp3) is 0.500. The quantitative estimate of drug-likeness (QED) is 0.770. The Bertz CT molecular complexity index is 359. The molecule has 3 nitrogen and oxygen atoms in total. The summed E-state index contributed by atoms with van der Waals surface area (Å²) in [6, 6.07) is 4.05.